The summed E-state index contributed by atoms with van der Waals surface area (Å²) in [6.45, 7) is 4.62. The number of nitrogens with two attached hydrogens (primary N) is 1. The van der Waals surface area contributed by atoms with Gasteiger partial charge in [-0.3, -0.25) is 0 Å². The zero-order valence-corrected chi connectivity index (χ0v) is 12.3. The summed E-state index contributed by atoms with van der Waals surface area (Å²) in [6, 6.07) is 10.6. The van der Waals surface area contributed by atoms with Gasteiger partial charge in [0.05, 0.1) is 0 Å². The van der Waals surface area contributed by atoms with E-state index in [9.17, 15) is 0 Å². The number of benzene rings is 2. The predicted octanol–water partition coefficient (Wildman–Crippen LogP) is 4.86. The molecule has 1 aliphatic carbocycles. The number of fused-ring (bicyclic) bond motifs is 3. The molecule has 0 aliphatic heterocycles. The molecule has 1 nitrogen and oxygen atoms in total. The molecule has 0 spiro atoms. The van der Waals surface area contributed by atoms with Crippen molar-refractivity contribution in [2.45, 2.75) is 39.2 Å². The van der Waals surface area contributed by atoms with Gasteiger partial charge in [-0.2, -0.15) is 0 Å². The van der Waals surface area contributed by atoms with E-state index in [-0.39, 0.29) is 6.04 Å². The molecule has 3 rings (SSSR count). The topological polar surface area (TPSA) is 26.0 Å². The lowest BCUT2D eigenvalue weighted by Gasteiger charge is -2.24. The van der Waals surface area contributed by atoms with Crippen molar-refractivity contribution in [1.82, 2.24) is 0 Å². The minimum atomic E-state index is 0.0922. The third-order valence-electron chi connectivity index (χ3n) is 4.36. The van der Waals surface area contributed by atoms with Gasteiger partial charge in [0.25, 0.3) is 0 Å². The van der Waals surface area contributed by atoms with Gasteiger partial charge in [-0.05, 0) is 47.3 Å². The van der Waals surface area contributed by atoms with Crippen LogP contribution >= 0.6 is 11.6 Å². The summed E-state index contributed by atoms with van der Waals surface area (Å²) < 4.78 is 0. The van der Waals surface area contributed by atoms with E-state index in [2.05, 4.69) is 38.1 Å². The normalized spacial score (nSPS) is 22.0. The number of hydrogen-bond donors (Lipinski definition) is 1. The molecule has 0 amide bonds. The van der Waals surface area contributed by atoms with Crippen LogP contribution in [0.2, 0.25) is 5.02 Å². The molecule has 2 heteroatoms. The van der Waals surface area contributed by atoms with Gasteiger partial charge >= 0.3 is 0 Å². The van der Waals surface area contributed by atoms with Crippen LogP contribution in [-0.4, -0.2) is 0 Å². The summed E-state index contributed by atoms with van der Waals surface area (Å²) in [4.78, 5) is 0. The second-order valence-electron chi connectivity index (χ2n) is 6.45. The van der Waals surface area contributed by atoms with E-state index in [1.165, 1.54) is 22.9 Å². The maximum Gasteiger partial charge on any atom is 0.0487 e. The summed E-state index contributed by atoms with van der Waals surface area (Å²) in [5.41, 5.74) is 9.37. The highest BCUT2D eigenvalue weighted by molar-refractivity contribution is 6.35. The van der Waals surface area contributed by atoms with Crippen LogP contribution in [0.4, 0.5) is 0 Å². The van der Waals surface area contributed by atoms with Crippen LogP contribution in [0.1, 0.15) is 43.9 Å². The zero-order chi connectivity index (χ0) is 13.6. The van der Waals surface area contributed by atoms with E-state index in [1.807, 2.05) is 6.07 Å². The molecule has 0 saturated carbocycles. The Morgan fingerprint density at radius 2 is 1.89 bits per heavy atom. The van der Waals surface area contributed by atoms with Crippen LogP contribution in [0.25, 0.3) is 10.8 Å². The maximum absolute atomic E-state index is 6.43. The maximum atomic E-state index is 6.43. The minimum absolute atomic E-state index is 0.0922. The molecule has 0 saturated heterocycles. The molecule has 100 valence electrons. The van der Waals surface area contributed by atoms with Crippen LogP contribution in [0.15, 0.2) is 30.3 Å². The Balaban J connectivity index is 2.26. The number of hydrogen-bond acceptors (Lipinski definition) is 1. The molecule has 0 heterocycles. The second kappa shape index (κ2) is 4.50. The largest absolute Gasteiger partial charge is 0.324 e. The Kier molecular flexibility index (Phi) is 3.07. The molecule has 1 aliphatic rings. The zero-order valence-electron chi connectivity index (χ0n) is 11.5. The van der Waals surface area contributed by atoms with Crippen molar-refractivity contribution in [3.8, 4) is 0 Å². The van der Waals surface area contributed by atoms with Crippen molar-refractivity contribution in [1.29, 1.82) is 0 Å². The predicted molar refractivity (Wildman–Crippen MR) is 82.6 cm³/mol. The van der Waals surface area contributed by atoms with Crippen LogP contribution in [0, 0.1) is 5.41 Å². The lowest BCUT2D eigenvalue weighted by atomic mass is 9.83. The fraction of sp³-hybridized carbons (Fsp3) is 0.412. The van der Waals surface area contributed by atoms with Gasteiger partial charge in [-0.25, -0.2) is 0 Å². The van der Waals surface area contributed by atoms with E-state index < -0.39 is 0 Å². The number of rotatable bonds is 0. The van der Waals surface area contributed by atoms with Crippen LogP contribution in [0.3, 0.4) is 0 Å². The van der Waals surface area contributed by atoms with Crippen LogP contribution in [-0.2, 0) is 6.42 Å². The fourth-order valence-corrected chi connectivity index (χ4v) is 3.57. The average Bonchev–Trinajstić information content (AvgIpc) is 2.47. The summed E-state index contributed by atoms with van der Waals surface area (Å²) >= 11 is 6.43. The first-order valence-corrected chi connectivity index (χ1v) is 7.31. The summed E-state index contributed by atoms with van der Waals surface area (Å²) in [7, 11) is 0. The van der Waals surface area contributed by atoms with Crippen molar-refractivity contribution < 1.29 is 0 Å². The molecule has 2 aromatic rings. The summed E-state index contributed by atoms with van der Waals surface area (Å²) in [5.74, 6) is 0. The third-order valence-corrected chi connectivity index (χ3v) is 4.68. The smallest absolute Gasteiger partial charge is 0.0487 e. The Morgan fingerprint density at radius 1 is 1.21 bits per heavy atom. The van der Waals surface area contributed by atoms with Crippen LogP contribution in [0.5, 0.6) is 0 Å². The first kappa shape index (κ1) is 13.0. The average molecular weight is 274 g/mol. The molecule has 1 atom stereocenters. The van der Waals surface area contributed by atoms with Crippen molar-refractivity contribution in [3.05, 3.63) is 46.5 Å². The Morgan fingerprint density at radius 3 is 2.63 bits per heavy atom. The summed E-state index contributed by atoms with van der Waals surface area (Å²) in [6.07, 6.45) is 3.29. The molecule has 0 radical (unpaired) electrons. The molecule has 2 aromatic carbocycles. The molecular formula is C17H20ClN. The molecule has 2 N–H and O–H groups in total. The first-order valence-electron chi connectivity index (χ1n) is 6.93. The highest BCUT2D eigenvalue weighted by Crippen LogP contribution is 2.42. The van der Waals surface area contributed by atoms with E-state index in [1.54, 1.807) is 0 Å². The third kappa shape index (κ3) is 2.26. The van der Waals surface area contributed by atoms with Crippen LogP contribution < -0.4 is 5.73 Å². The Labute approximate surface area is 119 Å². The van der Waals surface area contributed by atoms with Gasteiger partial charge in [-0.15, -0.1) is 0 Å². The van der Waals surface area contributed by atoms with Crippen molar-refractivity contribution >= 4 is 22.4 Å². The lowest BCUT2D eigenvalue weighted by Crippen LogP contribution is -2.19. The standard InChI is InChI=1S/C17H20ClN/c1-17(2)8-7-12-11-5-3-4-6-13(11)15(18)9-14(12)16(19)10-17/h3-6,9,16H,7-8,10,19H2,1-2H3. The quantitative estimate of drug-likeness (QED) is 0.682. The number of halogens is 1. The van der Waals surface area contributed by atoms with E-state index >= 15 is 0 Å². The Bertz CT molecular complexity index is 630. The second-order valence-corrected chi connectivity index (χ2v) is 6.85. The molecule has 19 heavy (non-hydrogen) atoms. The van der Waals surface area contributed by atoms with Gasteiger partial charge in [0.15, 0.2) is 0 Å². The molecule has 0 fully saturated rings. The first-order chi connectivity index (χ1) is 8.98. The van der Waals surface area contributed by atoms with E-state index in [4.69, 9.17) is 17.3 Å². The van der Waals surface area contributed by atoms with Gasteiger partial charge < -0.3 is 5.73 Å². The van der Waals surface area contributed by atoms with Gasteiger partial charge in [0.1, 0.15) is 0 Å². The van der Waals surface area contributed by atoms with Crippen molar-refractivity contribution in [3.63, 3.8) is 0 Å². The molecule has 0 aromatic heterocycles. The van der Waals surface area contributed by atoms with Crippen molar-refractivity contribution in [2.75, 3.05) is 0 Å². The van der Waals surface area contributed by atoms with E-state index in [0.717, 1.165) is 23.3 Å². The Hall–Kier alpha value is -1.05. The fourth-order valence-electron chi connectivity index (χ4n) is 3.29. The summed E-state index contributed by atoms with van der Waals surface area (Å²) in [5, 5.41) is 3.25. The van der Waals surface area contributed by atoms with Gasteiger partial charge in [0.2, 0.25) is 0 Å². The highest BCUT2D eigenvalue weighted by Gasteiger charge is 2.28. The molecule has 1 unspecified atom stereocenters. The molecular weight excluding hydrogens is 254 g/mol. The van der Waals surface area contributed by atoms with Gasteiger partial charge in [-0.1, -0.05) is 49.7 Å². The highest BCUT2D eigenvalue weighted by atomic mass is 35.5. The minimum Gasteiger partial charge on any atom is -0.324 e. The lowest BCUT2D eigenvalue weighted by molar-refractivity contribution is 0.294. The van der Waals surface area contributed by atoms with Crippen molar-refractivity contribution in [2.24, 2.45) is 11.1 Å². The monoisotopic (exact) mass is 273 g/mol. The SMILES string of the molecule is CC1(C)CCc2c(cc(Cl)c3ccccc23)C(N)C1. The van der Waals surface area contributed by atoms with E-state index in [0.29, 0.717) is 5.41 Å². The molecule has 0 bridgehead atoms. The van der Waals surface area contributed by atoms with Gasteiger partial charge in [0, 0.05) is 16.5 Å². The number of aryl methyl sites for hydroxylation is 1.